The molecule has 1 fully saturated rings. The Kier molecular flexibility index (Phi) is 5.27. The van der Waals surface area contributed by atoms with Crippen molar-refractivity contribution in [1.29, 1.82) is 0 Å². The third-order valence-electron chi connectivity index (χ3n) is 6.05. The van der Waals surface area contributed by atoms with Crippen LogP contribution in [0.4, 0.5) is 11.6 Å². The van der Waals surface area contributed by atoms with Gasteiger partial charge < -0.3 is 19.5 Å². The first-order chi connectivity index (χ1) is 14.4. The minimum atomic E-state index is -0.748. The van der Waals surface area contributed by atoms with Gasteiger partial charge in [0.25, 0.3) is 0 Å². The number of hydrogen-bond donors (Lipinski definition) is 1. The molecule has 8 heteroatoms. The van der Waals surface area contributed by atoms with Crippen LogP contribution in [0.1, 0.15) is 37.8 Å². The van der Waals surface area contributed by atoms with Gasteiger partial charge in [-0.2, -0.15) is 0 Å². The number of piperidine rings is 1. The number of aliphatic hydroxyl groups excluding tert-OH is 1. The van der Waals surface area contributed by atoms with E-state index in [9.17, 15) is 9.90 Å². The molecule has 0 atom stereocenters. The molecule has 8 nitrogen and oxygen atoms in total. The molecule has 4 rings (SSSR count). The summed E-state index contributed by atoms with van der Waals surface area (Å²) in [6.07, 6.45) is 2.64. The number of methoxy groups -OCH3 is 2. The van der Waals surface area contributed by atoms with Crippen molar-refractivity contribution in [2.45, 2.75) is 44.8 Å². The van der Waals surface area contributed by atoms with Gasteiger partial charge in [0.15, 0.2) is 0 Å². The number of aromatic nitrogens is 2. The van der Waals surface area contributed by atoms with Crippen molar-refractivity contribution < 1.29 is 19.4 Å². The Bertz CT molecular complexity index is 954. The maximum atomic E-state index is 13.4. The lowest BCUT2D eigenvalue weighted by molar-refractivity contribution is -0.122. The van der Waals surface area contributed by atoms with Crippen LogP contribution in [0.2, 0.25) is 0 Å². The molecule has 1 aromatic carbocycles. The van der Waals surface area contributed by atoms with Gasteiger partial charge in [-0.05, 0) is 38.8 Å². The third kappa shape index (κ3) is 3.35. The van der Waals surface area contributed by atoms with Gasteiger partial charge in [0.05, 0.1) is 37.8 Å². The van der Waals surface area contributed by atoms with Gasteiger partial charge in [-0.1, -0.05) is 0 Å². The highest BCUT2D eigenvalue weighted by Gasteiger charge is 2.48. The monoisotopic (exact) mass is 412 g/mol. The zero-order valence-corrected chi connectivity index (χ0v) is 17.9. The fourth-order valence-electron chi connectivity index (χ4n) is 4.29. The largest absolute Gasteiger partial charge is 0.497 e. The van der Waals surface area contributed by atoms with Crippen LogP contribution in [0.5, 0.6) is 11.5 Å². The van der Waals surface area contributed by atoms with Crippen LogP contribution in [0.3, 0.4) is 0 Å². The summed E-state index contributed by atoms with van der Waals surface area (Å²) < 4.78 is 10.8. The van der Waals surface area contributed by atoms with Crippen LogP contribution in [0.25, 0.3) is 0 Å². The highest BCUT2D eigenvalue weighted by molar-refractivity contribution is 6.08. The summed E-state index contributed by atoms with van der Waals surface area (Å²) in [6.45, 7) is 5.61. The van der Waals surface area contributed by atoms with Crippen LogP contribution in [0, 0.1) is 0 Å². The first-order valence-electron chi connectivity index (χ1n) is 10.2. The first-order valence-corrected chi connectivity index (χ1v) is 10.2. The van der Waals surface area contributed by atoms with E-state index in [0.717, 1.165) is 16.9 Å². The number of ether oxygens (including phenoxy) is 2. The smallest absolute Gasteiger partial charge is 0.238 e. The summed E-state index contributed by atoms with van der Waals surface area (Å²) in [5, 5.41) is 9.86. The van der Waals surface area contributed by atoms with E-state index in [1.54, 1.807) is 19.1 Å². The maximum Gasteiger partial charge on any atom is 0.238 e. The lowest BCUT2D eigenvalue weighted by Crippen LogP contribution is -2.39. The molecule has 0 spiro atoms. The average molecular weight is 412 g/mol. The Hall–Kier alpha value is -2.87. The Labute approximate surface area is 176 Å². The normalized spacial score (nSPS) is 18.5. The van der Waals surface area contributed by atoms with Crippen LogP contribution < -0.4 is 19.3 Å². The Morgan fingerprint density at radius 3 is 2.50 bits per heavy atom. The second-order valence-corrected chi connectivity index (χ2v) is 8.31. The van der Waals surface area contributed by atoms with E-state index in [4.69, 9.17) is 9.47 Å². The summed E-state index contributed by atoms with van der Waals surface area (Å²) in [4.78, 5) is 26.3. The molecule has 1 amide bonds. The summed E-state index contributed by atoms with van der Waals surface area (Å²) in [7, 11) is 3.21. The molecule has 160 valence electrons. The van der Waals surface area contributed by atoms with Crippen molar-refractivity contribution in [1.82, 2.24) is 9.97 Å². The second kappa shape index (κ2) is 7.75. The Balaban J connectivity index is 1.72. The Morgan fingerprint density at radius 2 is 1.83 bits per heavy atom. The van der Waals surface area contributed by atoms with E-state index in [0.29, 0.717) is 49.8 Å². The molecule has 30 heavy (non-hydrogen) atoms. The predicted molar refractivity (Wildman–Crippen MR) is 113 cm³/mol. The van der Waals surface area contributed by atoms with E-state index in [2.05, 4.69) is 14.9 Å². The minimum Gasteiger partial charge on any atom is -0.497 e. The Morgan fingerprint density at radius 1 is 1.13 bits per heavy atom. The van der Waals surface area contributed by atoms with Crippen molar-refractivity contribution >= 4 is 17.5 Å². The lowest BCUT2D eigenvalue weighted by atomic mass is 9.86. The molecular formula is C22H28N4O4. The molecule has 0 unspecified atom stereocenters. The second-order valence-electron chi connectivity index (χ2n) is 8.31. The minimum absolute atomic E-state index is 0.0193. The average Bonchev–Trinajstić information content (AvgIpc) is 2.95. The number of benzene rings is 1. The molecule has 0 aliphatic carbocycles. The SMILES string of the molecule is COc1ccc(CN2C(=O)C(C)(C)c3c(N4CCC(O)CC4)ncnc32)c(OC)c1. The maximum absolute atomic E-state index is 13.4. The number of amides is 1. The van der Waals surface area contributed by atoms with Crippen molar-refractivity contribution in [3.8, 4) is 11.5 Å². The highest BCUT2D eigenvalue weighted by Crippen LogP contribution is 2.46. The summed E-state index contributed by atoms with van der Waals surface area (Å²) in [5.74, 6) is 2.76. The zero-order valence-electron chi connectivity index (χ0n) is 17.9. The summed E-state index contributed by atoms with van der Waals surface area (Å²) in [6, 6.07) is 5.57. The number of carbonyl (C=O) groups is 1. The standard InChI is InChI=1S/C22H28N4O4/c1-22(2)18-19(25-9-7-15(27)8-10-25)23-13-24-20(18)26(21(22)28)12-14-5-6-16(29-3)11-17(14)30-4/h5-6,11,13,15,27H,7-10,12H2,1-4H3. The predicted octanol–water partition coefficient (Wildman–Crippen LogP) is 2.28. The van der Waals surface area contributed by atoms with Crippen LogP contribution in [0.15, 0.2) is 24.5 Å². The van der Waals surface area contributed by atoms with Gasteiger partial charge in [-0.3, -0.25) is 9.69 Å². The van der Waals surface area contributed by atoms with E-state index in [-0.39, 0.29) is 12.0 Å². The molecule has 1 aromatic heterocycles. The van der Waals surface area contributed by atoms with Crippen LogP contribution >= 0.6 is 0 Å². The van der Waals surface area contributed by atoms with Gasteiger partial charge >= 0.3 is 0 Å². The lowest BCUT2D eigenvalue weighted by Gasteiger charge is -2.33. The number of fused-ring (bicyclic) bond motifs is 1. The van der Waals surface area contributed by atoms with E-state index in [1.165, 1.54) is 6.33 Å². The van der Waals surface area contributed by atoms with Crippen molar-refractivity contribution in [3.63, 3.8) is 0 Å². The van der Waals surface area contributed by atoms with Crippen LogP contribution in [-0.2, 0) is 16.8 Å². The fourth-order valence-corrected chi connectivity index (χ4v) is 4.29. The topological polar surface area (TPSA) is 88.0 Å². The first kappa shape index (κ1) is 20.4. The van der Waals surface area contributed by atoms with Crippen LogP contribution in [-0.4, -0.2) is 54.4 Å². The van der Waals surface area contributed by atoms with Gasteiger partial charge in [0, 0.05) is 24.7 Å². The van der Waals surface area contributed by atoms with Gasteiger partial charge in [0.1, 0.15) is 29.5 Å². The summed E-state index contributed by atoms with van der Waals surface area (Å²) in [5.41, 5.74) is 0.970. The quantitative estimate of drug-likeness (QED) is 0.806. The van der Waals surface area contributed by atoms with Crippen molar-refractivity contribution in [2.75, 3.05) is 37.1 Å². The number of nitrogens with zero attached hydrogens (tertiary/aromatic N) is 4. The molecule has 0 saturated carbocycles. The van der Waals surface area contributed by atoms with E-state index < -0.39 is 5.41 Å². The molecule has 2 aliphatic rings. The highest BCUT2D eigenvalue weighted by atomic mass is 16.5. The van der Waals surface area contributed by atoms with E-state index in [1.807, 2.05) is 32.0 Å². The van der Waals surface area contributed by atoms with Gasteiger partial charge in [-0.15, -0.1) is 0 Å². The van der Waals surface area contributed by atoms with Gasteiger partial charge in [-0.25, -0.2) is 9.97 Å². The molecular weight excluding hydrogens is 384 g/mol. The molecule has 1 N–H and O–H groups in total. The number of rotatable bonds is 5. The molecule has 1 saturated heterocycles. The van der Waals surface area contributed by atoms with Gasteiger partial charge in [0.2, 0.25) is 5.91 Å². The number of hydrogen-bond acceptors (Lipinski definition) is 7. The third-order valence-corrected chi connectivity index (χ3v) is 6.05. The molecule has 2 aliphatic heterocycles. The van der Waals surface area contributed by atoms with E-state index >= 15 is 0 Å². The van der Waals surface area contributed by atoms with Crippen molar-refractivity contribution in [2.24, 2.45) is 0 Å². The molecule has 3 heterocycles. The molecule has 2 aromatic rings. The molecule has 0 bridgehead atoms. The summed E-state index contributed by atoms with van der Waals surface area (Å²) >= 11 is 0. The number of anilines is 2. The number of carbonyl (C=O) groups excluding carboxylic acids is 1. The van der Waals surface area contributed by atoms with Crippen molar-refractivity contribution in [3.05, 3.63) is 35.7 Å². The number of aliphatic hydroxyl groups is 1. The zero-order chi connectivity index (χ0) is 21.5. The molecule has 0 radical (unpaired) electrons. The fraction of sp³-hybridized carbons (Fsp3) is 0.500.